The summed E-state index contributed by atoms with van der Waals surface area (Å²) in [7, 11) is 1.53. The summed E-state index contributed by atoms with van der Waals surface area (Å²) in [6.07, 6.45) is 1.64. The Labute approximate surface area is 192 Å². The van der Waals surface area contributed by atoms with Gasteiger partial charge in [-0.15, -0.1) is 0 Å². The van der Waals surface area contributed by atoms with Gasteiger partial charge >= 0.3 is 5.97 Å². The van der Waals surface area contributed by atoms with Crippen molar-refractivity contribution in [2.24, 2.45) is 4.99 Å². The van der Waals surface area contributed by atoms with Crippen molar-refractivity contribution in [1.29, 1.82) is 0 Å². The van der Waals surface area contributed by atoms with Gasteiger partial charge in [0.15, 0.2) is 17.2 Å². The molecule has 3 aromatic carbocycles. The van der Waals surface area contributed by atoms with E-state index in [-0.39, 0.29) is 24.0 Å². The molecule has 0 fully saturated rings. The summed E-state index contributed by atoms with van der Waals surface area (Å²) in [5.74, 6) is 0.474. The first-order chi connectivity index (χ1) is 15.0. The minimum Gasteiger partial charge on any atom is -0.493 e. The van der Waals surface area contributed by atoms with Crippen LogP contribution in [0.25, 0.3) is 6.08 Å². The van der Waals surface area contributed by atoms with Crippen LogP contribution >= 0.6 is 22.6 Å². The quantitative estimate of drug-likeness (QED) is 0.245. The summed E-state index contributed by atoms with van der Waals surface area (Å²) in [6, 6.07) is 19.1. The van der Waals surface area contributed by atoms with Crippen molar-refractivity contribution in [3.05, 3.63) is 98.5 Å². The summed E-state index contributed by atoms with van der Waals surface area (Å²) < 4.78 is 30.8. The standard InChI is InChI=1S/C24H17FINO4/c1-29-21-13-16(11-19(26)22(21)30-14-15-6-5-9-18(25)10-15)12-20-24(28)31-23(27-20)17-7-3-2-4-8-17/h2-13H,14H2,1H3/b20-12-. The summed E-state index contributed by atoms with van der Waals surface area (Å²) in [4.78, 5) is 16.6. The molecule has 0 saturated carbocycles. The molecule has 0 atom stereocenters. The van der Waals surface area contributed by atoms with E-state index in [1.165, 1.54) is 19.2 Å². The maximum Gasteiger partial charge on any atom is 0.363 e. The Morgan fingerprint density at radius 1 is 1.10 bits per heavy atom. The van der Waals surface area contributed by atoms with Gasteiger partial charge in [0, 0.05) is 5.56 Å². The van der Waals surface area contributed by atoms with E-state index in [4.69, 9.17) is 14.2 Å². The van der Waals surface area contributed by atoms with Crippen LogP contribution < -0.4 is 9.47 Å². The molecule has 1 heterocycles. The summed E-state index contributed by atoms with van der Waals surface area (Å²) in [6.45, 7) is 0.196. The number of cyclic esters (lactones) is 1. The van der Waals surface area contributed by atoms with Crippen LogP contribution in [-0.4, -0.2) is 19.0 Å². The van der Waals surface area contributed by atoms with Crippen molar-refractivity contribution < 1.29 is 23.4 Å². The topological polar surface area (TPSA) is 57.1 Å². The number of aliphatic imine (C=N–C) groups is 1. The first kappa shape index (κ1) is 21.0. The average molecular weight is 529 g/mol. The van der Waals surface area contributed by atoms with Crippen LogP contribution in [-0.2, 0) is 16.1 Å². The molecule has 0 unspecified atom stereocenters. The molecule has 7 heteroatoms. The average Bonchev–Trinajstić information content (AvgIpc) is 3.13. The number of hydrogen-bond acceptors (Lipinski definition) is 5. The Bertz CT molecular complexity index is 1190. The van der Waals surface area contributed by atoms with E-state index in [0.29, 0.717) is 22.6 Å². The highest BCUT2D eigenvalue weighted by Crippen LogP contribution is 2.35. The molecule has 0 aliphatic carbocycles. The van der Waals surface area contributed by atoms with E-state index in [0.717, 1.165) is 9.13 Å². The number of methoxy groups -OCH3 is 1. The number of esters is 1. The predicted molar refractivity (Wildman–Crippen MR) is 123 cm³/mol. The van der Waals surface area contributed by atoms with Gasteiger partial charge in [-0.3, -0.25) is 0 Å². The Morgan fingerprint density at radius 3 is 2.65 bits per heavy atom. The molecular weight excluding hydrogens is 512 g/mol. The van der Waals surface area contributed by atoms with Crippen LogP contribution in [0.1, 0.15) is 16.7 Å². The predicted octanol–water partition coefficient (Wildman–Crippen LogP) is 5.36. The third-order valence-corrected chi connectivity index (χ3v) is 5.27. The zero-order chi connectivity index (χ0) is 21.8. The second-order valence-electron chi connectivity index (χ2n) is 6.65. The molecule has 0 N–H and O–H groups in total. The van der Waals surface area contributed by atoms with Gasteiger partial charge in [-0.2, -0.15) is 0 Å². The van der Waals surface area contributed by atoms with E-state index in [1.54, 1.807) is 24.3 Å². The van der Waals surface area contributed by atoms with Gasteiger partial charge in [0.1, 0.15) is 12.4 Å². The smallest absolute Gasteiger partial charge is 0.363 e. The van der Waals surface area contributed by atoms with Crippen molar-refractivity contribution in [3.8, 4) is 11.5 Å². The van der Waals surface area contributed by atoms with Gasteiger partial charge in [-0.25, -0.2) is 14.2 Å². The van der Waals surface area contributed by atoms with Crippen LogP contribution in [0.15, 0.2) is 77.4 Å². The molecule has 31 heavy (non-hydrogen) atoms. The molecule has 0 bridgehead atoms. The molecule has 0 radical (unpaired) electrons. The van der Waals surface area contributed by atoms with Crippen LogP contribution in [0.5, 0.6) is 11.5 Å². The number of nitrogens with zero attached hydrogens (tertiary/aromatic N) is 1. The monoisotopic (exact) mass is 529 g/mol. The van der Waals surface area contributed by atoms with E-state index in [9.17, 15) is 9.18 Å². The van der Waals surface area contributed by atoms with Crippen molar-refractivity contribution in [2.75, 3.05) is 7.11 Å². The fourth-order valence-corrected chi connectivity index (χ4v) is 3.80. The minimum atomic E-state index is -0.515. The molecule has 0 spiro atoms. The zero-order valence-electron chi connectivity index (χ0n) is 16.5. The number of benzene rings is 3. The van der Waals surface area contributed by atoms with E-state index in [1.807, 2.05) is 36.4 Å². The summed E-state index contributed by atoms with van der Waals surface area (Å²) >= 11 is 2.13. The van der Waals surface area contributed by atoms with E-state index >= 15 is 0 Å². The summed E-state index contributed by atoms with van der Waals surface area (Å²) in [5.41, 5.74) is 2.35. The zero-order valence-corrected chi connectivity index (χ0v) is 18.6. The molecular formula is C24H17FINO4. The number of rotatable bonds is 6. The minimum absolute atomic E-state index is 0.196. The lowest BCUT2D eigenvalue weighted by Gasteiger charge is -2.14. The third kappa shape index (κ3) is 4.93. The van der Waals surface area contributed by atoms with Crippen molar-refractivity contribution >= 4 is 40.5 Å². The van der Waals surface area contributed by atoms with Crippen LogP contribution in [0.2, 0.25) is 0 Å². The molecule has 156 valence electrons. The SMILES string of the molecule is COc1cc(/C=C2\N=C(c3ccccc3)OC2=O)cc(I)c1OCc1cccc(F)c1. The Hall–Kier alpha value is -3.20. The van der Waals surface area contributed by atoms with Gasteiger partial charge in [-0.05, 0) is 76.2 Å². The van der Waals surface area contributed by atoms with E-state index < -0.39 is 5.97 Å². The second-order valence-corrected chi connectivity index (χ2v) is 7.82. The molecule has 1 aliphatic heterocycles. The second kappa shape index (κ2) is 9.30. The van der Waals surface area contributed by atoms with Gasteiger partial charge in [0.25, 0.3) is 0 Å². The fourth-order valence-electron chi connectivity index (χ4n) is 3.02. The molecule has 0 amide bonds. The highest BCUT2D eigenvalue weighted by atomic mass is 127. The fraction of sp³-hybridized carbons (Fsp3) is 0.0833. The van der Waals surface area contributed by atoms with Crippen LogP contribution in [0, 0.1) is 9.39 Å². The molecule has 5 nitrogen and oxygen atoms in total. The molecule has 4 rings (SSSR count). The lowest BCUT2D eigenvalue weighted by molar-refractivity contribution is -0.129. The number of hydrogen-bond donors (Lipinski definition) is 0. The maximum atomic E-state index is 13.4. The first-order valence-corrected chi connectivity index (χ1v) is 10.4. The summed E-state index contributed by atoms with van der Waals surface area (Å²) in [5, 5.41) is 0. The van der Waals surface area contributed by atoms with Gasteiger partial charge in [0.2, 0.25) is 5.90 Å². The highest BCUT2D eigenvalue weighted by Gasteiger charge is 2.24. The van der Waals surface area contributed by atoms with E-state index in [2.05, 4.69) is 27.6 Å². The van der Waals surface area contributed by atoms with Gasteiger partial charge in [-0.1, -0.05) is 30.3 Å². The Morgan fingerprint density at radius 2 is 1.90 bits per heavy atom. The number of carbonyl (C=O) groups excluding carboxylic acids is 1. The Balaban J connectivity index is 1.59. The largest absolute Gasteiger partial charge is 0.493 e. The van der Waals surface area contributed by atoms with Crippen LogP contribution in [0.4, 0.5) is 4.39 Å². The number of carbonyl (C=O) groups is 1. The lowest BCUT2D eigenvalue weighted by Crippen LogP contribution is -2.05. The molecule has 0 saturated heterocycles. The lowest BCUT2D eigenvalue weighted by atomic mass is 10.1. The molecule has 3 aromatic rings. The molecule has 0 aromatic heterocycles. The van der Waals surface area contributed by atoms with Crippen molar-refractivity contribution in [2.45, 2.75) is 6.61 Å². The normalized spacial score (nSPS) is 14.4. The number of halogens is 2. The van der Waals surface area contributed by atoms with Crippen LogP contribution in [0.3, 0.4) is 0 Å². The van der Waals surface area contributed by atoms with Crippen molar-refractivity contribution in [1.82, 2.24) is 0 Å². The number of ether oxygens (including phenoxy) is 3. The molecule has 1 aliphatic rings. The van der Waals surface area contributed by atoms with Gasteiger partial charge in [0.05, 0.1) is 10.7 Å². The van der Waals surface area contributed by atoms with Crippen molar-refractivity contribution in [3.63, 3.8) is 0 Å². The first-order valence-electron chi connectivity index (χ1n) is 9.36. The van der Waals surface area contributed by atoms with Gasteiger partial charge < -0.3 is 14.2 Å². The highest BCUT2D eigenvalue weighted by molar-refractivity contribution is 14.1. The maximum absolute atomic E-state index is 13.4. The Kier molecular flexibility index (Phi) is 6.31. The third-order valence-electron chi connectivity index (χ3n) is 4.47.